The van der Waals surface area contributed by atoms with E-state index >= 15 is 0 Å². The summed E-state index contributed by atoms with van der Waals surface area (Å²) in [4.78, 5) is 0. The number of phenolic OH excluding ortho intramolecular Hbond substituents is 1. The van der Waals surface area contributed by atoms with Crippen molar-refractivity contribution in [3.63, 3.8) is 0 Å². The zero-order valence-corrected chi connectivity index (χ0v) is 11.1. The highest BCUT2D eigenvalue weighted by Crippen LogP contribution is 2.26. The van der Waals surface area contributed by atoms with E-state index in [1.54, 1.807) is 6.07 Å². The van der Waals surface area contributed by atoms with Gasteiger partial charge in [-0.1, -0.05) is 25.1 Å². The van der Waals surface area contributed by atoms with Crippen LogP contribution in [-0.2, 0) is 6.61 Å². The minimum atomic E-state index is -0.0649. The van der Waals surface area contributed by atoms with Crippen LogP contribution in [0, 0.1) is 5.92 Å². The molecule has 3 N–H and O–H groups in total. The highest BCUT2D eigenvalue weighted by molar-refractivity contribution is 5.69. The molecule has 1 atom stereocenters. The predicted molar refractivity (Wildman–Crippen MR) is 73.2 cm³/mol. The number of phenols is 1. The van der Waals surface area contributed by atoms with Crippen LogP contribution < -0.4 is 0 Å². The van der Waals surface area contributed by atoms with E-state index in [2.05, 4.69) is 6.08 Å². The minimum absolute atomic E-state index is 0.0649. The van der Waals surface area contributed by atoms with E-state index in [-0.39, 0.29) is 19.0 Å². The van der Waals surface area contributed by atoms with Crippen LogP contribution in [0.2, 0.25) is 0 Å². The molecule has 0 aliphatic heterocycles. The maximum Gasteiger partial charge on any atom is 0.123 e. The van der Waals surface area contributed by atoms with Crippen molar-refractivity contribution in [2.24, 2.45) is 5.92 Å². The first-order valence-electron chi connectivity index (χ1n) is 6.29. The third kappa shape index (κ3) is 4.17. The van der Waals surface area contributed by atoms with Crippen LogP contribution in [0.15, 0.2) is 24.3 Å². The number of hydrogen-bond acceptors (Lipinski definition) is 3. The van der Waals surface area contributed by atoms with Crippen molar-refractivity contribution in [1.82, 2.24) is 0 Å². The number of aliphatic hydroxyl groups is 2. The fourth-order valence-electron chi connectivity index (χ4n) is 1.79. The highest BCUT2D eigenvalue weighted by Gasteiger charge is 2.04. The average Bonchev–Trinajstić information content (AvgIpc) is 2.37. The van der Waals surface area contributed by atoms with E-state index in [0.29, 0.717) is 11.5 Å². The van der Waals surface area contributed by atoms with E-state index < -0.39 is 0 Å². The third-order valence-electron chi connectivity index (χ3n) is 3.09. The Hall–Kier alpha value is -1.32. The summed E-state index contributed by atoms with van der Waals surface area (Å²) in [7, 11) is 0. The fourth-order valence-corrected chi connectivity index (χ4v) is 1.79. The lowest BCUT2D eigenvalue weighted by Crippen LogP contribution is -1.99. The van der Waals surface area contributed by atoms with Gasteiger partial charge >= 0.3 is 0 Å². The van der Waals surface area contributed by atoms with Gasteiger partial charge in [-0.2, -0.15) is 0 Å². The monoisotopic (exact) mass is 250 g/mol. The quantitative estimate of drug-likeness (QED) is 0.727. The number of allylic oxidation sites excluding steroid dienone is 2. The molecule has 1 aromatic rings. The lowest BCUT2D eigenvalue weighted by Gasteiger charge is -2.08. The molecule has 18 heavy (non-hydrogen) atoms. The Labute approximate surface area is 108 Å². The summed E-state index contributed by atoms with van der Waals surface area (Å²) < 4.78 is 0. The summed E-state index contributed by atoms with van der Waals surface area (Å²) >= 11 is 0. The molecule has 0 bridgehead atoms. The molecule has 3 heteroatoms. The smallest absolute Gasteiger partial charge is 0.123 e. The van der Waals surface area contributed by atoms with E-state index in [1.165, 1.54) is 0 Å². The molecule has 0 spiro atoms. The third-order valence-corrected chi connectivity index (χ3v) is 3.09. The van der Waals surface area contributed by atoms with Crippen molar-refractivity contribution in [3.05, 3.63) is 35.4 Å². The lowest BCUT2D eigenvalue weighted by molar-refractivity contribution is 0.231. The lowest BCUT2D eigenvalue weighted by atomic mass is 10.0. The summed E-state index contributed by atoms with van der Waals surface area (Å²) in [6, 6.07) is 5.22. The topological polar surface area (TPSA) is 60.7 Å². The first-order valence-corrected chi connectivity index (χ1v) is 6.29. The maximum atomic E-state index is 9.86. The standard InChI is InChI=1S/C15H22O3/c1-11(9-16)4-3-5-12(2)14-7-6-13(10-17)8-15(14)18/h5-8,11,16-18H,3-4,9-10H2,1-2H3/b12-5-. The Morgan fingerprint density at radius 2 is 2.06 bits per heavy atom. The van der Waals surface area contributed by atoms with E-state index in [1.807, 2.05) is 26.0 Å². The van der Waals surface area contributed by atoms with Gasteiger partial charge in [0.25, 0.3) is 0 Å². The SMILES string of the molecule is C/C(=C/CCC(C)CO)c1ccc(CO)cc1O. The Morgan fingerprint density at radius 1 is 1.33 bits per heavy atom. The van der Waals surface area contributed by atoms with Crippen molar-refractivity contribution in [3.8, 4) is 5.75 Å². The Balaban J connectivity index is 2.71. The van der Waals surface area contributed by atoms with Crippen LogP contribution in [0.1, 0.15) is 37.8 Å². The first-order chi connectivity index (χ1) is 8.58. The van der Waals surface area contributed by atoms with Gasteiger partial charge in [-0.15, -0.1) is 0 Å². The number of aromatic hydroxyl groups is 1. The molecule has 0 saturated heterocycles. The molecule has 1 rings (SSSR count). The molecule has 0 radical (unpaired) electrons. The van der Waals surface area contributed by atoms with E-state index in [4.69, 9.17) is 10.2 Å². The zero-order chi connectivity index (χ0) is 13.5. The first kappa shape index (κ1) is 14.7. The van der Waals surface area contributed by atoms with Crippen molar-refractivity contribution in [2.75, 3.05) is 6.61 Å². The van der Waals surface area contributed by atoms with Gasteiger partial charge in [0.2, 0.25) is 0 Å². The summed E-state index contributed by atoms with van der Waals surface area (Å²) in [5.74, 6) is 0.505. The molecule has 1 aromatic carbocycles. The molecule has 0 fully saturated rings. The zero-order valence-electron chi connectivity index (χ0n) is 11.1. The minimum Gasteiger partial charge on any atom is -0.507 e. The van der Waals surface area contributed by atoms with Crippen molar-refractivity contribution < 1.29 is 15.3 Å². The van der Waals surface area contributed by atoms with Gasteiger partial charge < -0.3 is 15.3 Å². The second-order valence-corrected chi connectivity index (χ2v) is 4.76. The second kappa shape index (κ2) is 7.19. The molecule has 0 aliphatic carbocycles. The van der Waals surface area contributed by atoms with Crippen LogP contribution in [0.5, 0.6) is 5.75 Å². The van der Waals surface area contributed by atoms with Crippen LogP contribution in [0.3, 0.4) is 0 Å². The van der Waals surface area contributed by atoms with Crippen molar-refractivity contribution in [1.29, 1.82) is 0 Å². The molecule has 0 saturated carbocycles. The summed E-state index contributed by atoms with van der Waals surface area (Å²) in [6.07, 6.45) is 3.89. The van der Waals surface area contributed by atoms with Gasteiger partial charge in [0.15, 0.2) is 0 Å². The van der Waals surface area contributed by atoms with Gasteiger partial charge in [0, 0.05) is 12.2 Å². The Bertz CT molecular complexity index is 410. The molecular weight excluding hydrogens is 228 g/mol. The Kier molecular flexibility index (Phi) is 5.89. The normalized spacial score (nSPS) is 13.7. The number of aliphatic hydroxyl groups excluding tert-OH is 2. The molecule has 0 amide bonds. The molecule has 0 heterocycles. The van der Waals surface area contributed by atoms with E-state index in [0.717, 1.165) is 24.0 Å². The maximum absolute atomic E-state index is 9.86. The average molecular weight is 250 g/mol. The Morgan fingerprint density at radius 3 is 2.61 bits per heavy atom. The number of rotatable bonds is 6. The predicted octanol–water partition coefficient (Wildman–Crippen LogP) is 2.70. The number of hydrogen-bond donors (Lipinski definition) is 3. The van der Waals surface area contributed by atoms with Crippen LogP contribution >= 0.6 is 0 Å². The van der Waals surface area contributed by atoms with Crippen LogP contribution in [0.4, 0.5) is 0 Å². The van der Waals surface area contributed by atoms with Gasteiger partial charge in [0.05, 0.1) is 6.61 Å². The highest BCUT2D eigenvalue weighted by atomic mass is 16.3. The van der Waals surface area contributed by atoms with Crippen LogP contribution in [0.25, 0.3) is 5.57 Å². The summed E-state index contributed by atoms with van der Waals surface area (Å²) in [5.41, 5.74) is 2.52. The van der Waals surface area contributed by atoms with Gasteiger partial charge in [-0.25, -0.2) is 0 Å². The molecule has 3 nitrogen and oxygen atoms in total. The summed E-state index contributed by atoms with van der Waals surface area (Å²) in [5, 5.41) is 27.8. The van der Waals surface area contributed by atoms with Crippen molar-refractivity contribution >= 4 is 5.57 Å². The van der Waals surface area contributed by atoms with E-state index in [9.17, 15) is 5.11 Å². The largest absolute Gasteiger partial charge is 0.507 e. The second-order valence-electron chi connectivity index (χ2n) is 4.76. The molecule has 1 unspecified atom stereocenters. The fraction of sp³-hybridized carbons (Fsp3) is 0.467. The van der Waals surface area contributed by atoms with Crippen molar-refractivity contribution in [2.45, 2.75) is 33.3 Å². The molecule has 0 aliphatic rings. The summed E-state index contributed by atoms with van der Waals surface area (Å²) in [6.45, 7) is 4.11. The molecule has 100 valence electrons. The number of benzene rings is 1. The molecule has 0 aromatic heterocycles. The van der Waals surface area contributed by atoms with Gasteiger partial charge in [0.1, 0.15) is 5.75 Å². The van der Waals surface area contributed by atoms with Gasteiger partial charge in [-0.3, -0.25) is 0 Å². The van der Waals surface area contributed by atoms with Gasteiger partial charge in [-0.05, 0) is 42.9 Å². The van der Waals surface area contributed by atoms with Crippen LogP contribution in [-0.4, -0.2) is 21.9 Å². The molecular formula is C15H22O3.